The molecule has 5 aromatic rings. The van der Waals surface area contributed by atoms with Crippen LogP contribution in [0.2, 0.25) is 0 Å². The van der Waals surface area contributed by atoms with Crippen molar-refractivity contribution in [2.24, 2.45) is 4.99 Å². The smallest absolute Gasteiger partial charge is 0.338 e. The number of carbonyl (C=O) groups excluding carboxylic acids is 1. The summed E-state index contributed by atoms with van der Waals surface area (Å²) in [6, 6.07) is 24.1. The van der Waals surface area contributed by atoms with Gasteiger partial charge in [0.15, 0.2) is 4.80 Å². The van der Waals surface area contributed by atoms with Crippen molar-refractivity contribution in [3.63, 3.8) is 0 Å². The minimum absolute atomic E-state index is 0.189. The van der Waals surface area contributed by atoms with Crippen molar-refractivity contribution in [2.45, 2.75) is 13.0 Å². The number of fused-ring (bicyclic) bond motifs is 2. The summed E-state index contributed by atoms with van der Waals surface area (Å²) in [6.45, 7) is 1.95. The zero-order valence-corrected chi connectivity index (χ0v) is 22.2. The molecule has 2 aromatic heterocycles. The van der Waals surface area contributed by atoms with Crippen LogP contribution >= 0.6 is 11.3 Å². The third kappa shape index (κ3) is 4.28. The fourth-order valence-electron chi connectivity index (χ4n) is 4.98. The summed E-state index contributed by atoms with van der Waals surface area (Å²) in [5, 5.41) is 1.02. The van der Waals surface area contributed by atoms with Crippen LogP contribution in [0.4, 0.5) is 0 Å². The minimum atomic E-state index is -0.795. The van der Waals surface area contributed by atoms with E-state index in [1.165, 1.54) is 11.3 Å². The van der Waals surface area contributed by atoms with Gasteiger partial charge in [-0.25, -0.2) is 9.79 Å². The highest BCUT2D eigenvalue weighted by molar-refractivity contribution is 7.07. The van der Waals surface area contributed by atoms with E-state index >= 15 is 0 Å². The molecule has 0 bridgehead atoms. The first-order valence-corrected chi connectivity index (χ1v) is 13.4. The molecule has 1 aliphatic rings. The molecule has 194 valence electrons. The normalized spacial score (nSPS) is 15.2. The molecule has 0 saturated heterocycles. The molecule has 0 amide bonds. The molecular weight excluding hydrogens is 510 g/mol. The molecule has 0 spiro atoms. The number of thiazole rings is 1. The minimum Gasteiger partial charge on any atom is -0.496 e. The Morgan fingerprint density at radius 2 is 1.79 bits per heavy atom. The maximum absolute atomic E-state index is 14.1. The van der Waals surface area contributed by atoms with Gasteiger partial charge in [-0.1, -0.05) is 78.1 Å². The average Bonchev–Trinajstić information content (AvgIpc) is 3.53. The number of aromatic amines is 1. The summed E-state index contributed by atoms with van der Waals surface area (Å²) < 4.78 is 13.3. The van der Waals surface area contributed by atoms with Crippen LogP contribution in [0.3, 0.4) is 0 Å². The molecule has 7 nitrogen and oxygen atoms in total. The number of carbonyl (C=O) groups is 1. The number of aromatic nitrogens is 2. The Hall–Kier alpha value is -4.69. The topological polar surface area (TPSA) is 85.7 Å². The Labute approximate surface area is 228 Å². The maximum Gasteiger partial charge on any atom is 0.338 e. The first-order chi connectivity index (χ1) is 19.1. The molecule has 0 saturated carbocycles. The van der Waals surface area contributed by atoms with E-state index in [2.05, 4.69) is 4.98 Å². The average molecular weight is 536 g/mol. The number of para-hydroxylation sites is 2. The predicted molar refractivity (Wildman–Crippen MR) is 152 cm³/mol. The zero-order valence-electron chi connectivity index (χ0n) is 21.4. The quantitative estimate of drug-likeness (QED) is 0.326. The van der Waals surface area contributed by atoms with E-state index in [1.54, 1.807) is 18.6 Å². The highest BCUT2D eigenvalue weighted by Crippen LogP contribution is 2.38. The Morgan fingerprint density at radius 1 is 1.05 bits per heavy atom. The summed E-state index contributed by atoms with van der Waals surface area (Å²) in [5.74, 6) is 0.0340. The fraction of sp³-hybridized carbons (Fsp3) is 0.129. The van der Waals surface area contributed by atoms with E-state index in [0.717, 1.165) is 22.0 Å². The number of nitrogens with zero attached hydrogens (tertiary/aromatic N) is 2. The van der Waals surface area contributed by atoms with Crippen LogP contribution in [0.15, 0.2) is 100 Å². The Balaban J connectivity index is 1.68. The van der Waals surface area contributed by atoms with Gasteiger partial charge in [-0.15, -0.1) is 0 Å². The summed E-state index contributed by atoms with van der Waals surface area (Å²) in [4.78, 5) is 36.3. The highest BCUT2D eigenvalue weighted by atomic mass is 32.1. The summed E-state index contributed by atoms with van der Waals surface area (Å²) in [7, 11) is 1.57. The first kappa shape index (κ1) is 24.6. The van der Waals surface area contributed by atoms with Crippen molar-refractivity contribution < 1.29 is 14.3 Å². The van der Waals surface area contributed by atoms with Crippen LogP contribution in [-0.4, -0.2) is 29.2 Å². The lowest BCUT2D eigenvalue weighted by Crippen LogP contribution is -2.40. The van der Waals surface area contributed by atoms with Crippen molar-refractivity contribution in [1.82, 2.24) is 9.55 Å². The van der Waals surface area contributed by atoms with Gasteiger partial charge in [0.25, 0.3) is 5.56 Å². The van der Waals surface area contributed by atoms with Crippen molar-refractivity contribution >= 4 is 40.0 Å². The molecular formula is C31H25N3O4S. The molecule has 3 heterocycles. The van der Waals surface area contributed by atoms with E-state index in [4.69, 9.17) is 14.5 Å². The van der Waals surface area contributed by atoms with Crippen LogP contribution < -0.4 is 19.6 Å². The third-order valence-electron chi connectivity index (χ3n) is 6.72. The molecule has 1 atom stereocenters. The molecule has 8 heteroatoms. The highest BCUT2D eigenvalue weighted by Gasteiger charge is 2.36. The number of hydrogen-bond acceptors (Lipinski definition) is 6. The zero-order chi connectivity index (χ0) is 26.9. The largest absolute Gasteiger partial charge is 0.496 e. The van der Waals surface area contributed by atoms with Gasteiger partial charge in [0.2, 0.25) is 0 Å². The molecule has 0 aliphatic carbocycles. The SMILES string of the molecule is CCOC(=O)C1=C(c2ccccc2)N=c2sc(=Cc3c[nH]c4ccccc34)c(=O)n2[C@@H]1c1ccccc1OC. The Kier molecular flexibility index (Phi) is 6.46. The van der Waals surface area contributed by atoms with Gasteiger partial charge in [-0.05, 0) is 25.1 Å². The van der Waals surface area contributed by atoms with Gasteiger partial charge in [-0.3, -0.25) is 9.36 Å². The number of H-pyrrole nitrogens is 1. The van der Waals surface area contributed by atoms with E-state index in [-0.39, 0.29) is 12.2 Å². The lowest BCUT2D eigenvalue weighted by atomic mass is 9.92. The van der Waals surface area contributed by atoms with Crippen molar-refractivity contribution in [3.05, 3.63) is 127 Å². The van der Waals surface area contributed by atoms with Crippen LogP contribution in [0.1, 0.15) is 29.7 Å². The van der Waals surface area contributed by atoms with Crippen LogP contribution in [0.5, 0.6) is 5.75 Å². The molecule has 3 aromatic carbocycles. The van der Waals surface area contributed by atoms with Gasteiger partial charge in [0.05, 0.1) is 29.5 Å². The van der Waals surface area contributed by atoms with Crippen LogP contribution in [0.25, 0.3) is 22.7 Å². The van der Waals surface area contributed by atoms with Crippen molar-refractivity contribution in [3.8, 4) is 5.75 Å². The lowest BCUT2D eigenvalue weighted by molar-refractivity contribution is -0.138. The number of ether oxygens (including phenoxy) is 2. The van der Waals surface area contributed by atoms with E-state index in [0.29, 0.717) is 31.9 Å². The molecule has 0 fully saturated rings. The van der Waals surface area contributed by atoms with Gasteiger partial charge < -0.3 is 14.5 Å². The molecule has 39 heavy (non-hydrogen) atoms. The van der Waals surface area contributed by atoms with Gasteiger partial charge >= 0.3 is 5.97 Å². The number of esters is 1. The molecule has 1 N–H and O–H groups in total. The molecule has 0 radical (unpaired) electrons. The second-order valence-electron chi connectivity index (χ2n) is 8.96. The molecule has 6 rings (SSSR count). The summed E-state index contributed by atoms with van der Waals surface area (Å²) >= 11 is 1.29. The van der Waals surface area contributed by atoms with E-state index in [9.17, 15) is 9.59 Å². The first-order valence-electron chi connectivity index (χ1n) is 12.6. The maximum atomic E-state index is 14.1. The number of benzene rings is 3. The Morgan fingerprint density at radius 3 is 2.59 bits per heavy atom. The predicted octanol–water partition coefficient (Wildman–Crippen LogP) is 4.43. The number of nitrogens with one attached hydrogen (secondary N) is 1. The van der Waals surface area contributed by atoms with Crippen LogP contribution in [-0.2, 0) is 9.53 Å². The monoisotopic (exact) mass is 535 g/mol. The summed E-state index contributed by atoms with van der Waals surface area (Å²) in [6.07, 6.45) is 3.76. The van der Waals surface area contributed by atoms with E-state index in [1.807, 2.05) is 91.1 Å². The fourth-order valence-corrected chi connectivity index (χ4v) is 5.97. The molecule has 1 aliphatic heterocycles. The van der Waals surface area contributed by atoms with Crippen molar-refractivity contribution in [2.75, 3.05) is 13.7 Å². The number of methoxy groups -OCH3 is 1. The number of rotatable bonds is 6. The van der Waals surface area contributed by atoms with Gasteiger partial charge in [-0.2, -0.15) is 0 Å². The number of hydrogen-bond donors (Lipinski definition) is 1. The lowest BCUT2D eigenvalue weighted by Gasteiger charge is -2.27. The van der Waals surface area contributed by atoms with Gasteiger partial charge in [0, 0.05) is 33.8 Å². The third-order valence-corrected chi connectivity index (χ3v) is 7.70. The van der Waals surface area contributed by atoms with E-state index < -0.39 is 12.0 Å². The van der Waals surface area contributed by atoms with Crippen molar-refractivity contribution in [1.29, 1.82) is 0 Å². The van der Waals surface area contributed by atoms with Crippen LogP contribution in [0, 0.1) is 0 Å². The Bertz CT molecular complexity index is 1910. The standard InChI is InChI=1S/C31H25N3O4S/c1-3-38-30(36)26-27(19-11-5-4-6-12-19)33-31-34(28(26)22-14-8-10-16-24(22)37-2)29(35)25(39-31)17-20-18-32-23-15-9-7-13-21(20)23/h4-18,28,32H,3H2,1-2H3/t28-/m1/s1. The van der Waals surface area contributed by atoms with Gasteiger partial charge in [0.1, 0.15) is 11.8 Å². The summed E-state index contributed by atoms with van der Waals surface area (Å²) in [5.41, 5.74) is 3.84. The molecule has 0 unspecified atom stereocenters. The second-order valence-corrected chi connectivity index (χ2v) is 9.97. The second kappa shape index (κ2) is 10.2.